The molecule has 1 aromatic heterocycles. The molecule has 0 aliphatic carbocycles. The van der Waals surface area contributed by atoms with Crippen LogP contribution in [0.3, 0.4) is 0 Å². The Hall–Kier alpha value is -1.76. The summed E-state index contributed by atoms with van der Waals surface area (Å²) in [5, 5.41) is 11.7. The molecule has 6 nitrogen and oxygen atoms in total. The Labute approximate surface area is 117 Å². The predicted molar refractivity (Wildman–Crippen MR) is 73.5 cm³/mol. The van der Waals surface area contributed by atoms with E-state index in [0.29, 0.717) is 19.8 Å². The van der Waals surface area contributed by atoms with Crippen molar-refractivity contribution in [2.45, 2.75) is 19.3 Å². The van der Waals surface area contributed by atoms with Gasteiger partial charge in [-0.3, -0.25) is 0 Å². The molecular formula is C14H18N4O2. The van der Waals surface area contributed by atoms with Crippen LogP contribution in [0.1, 0.15) is 18.7 Å². The molecule has 0 amide bonds. The van der Waals surface area contributed by atoms with Gasteiger partial charge in [-0.1, -0.05) is 23.4 Å². The minimum atomic E-state index is -0.151. The predicted octanol–water partition coefficient (Wildman–Crippen LogP) is 1.29. The van der Waals surface area contributed by atoms with Crippen molar-refractivity contribution in [2.75, 3.05) is 19.8 Å². The van der Waals surface area contributed by atoms with Crippen LogP contribution in [0.2, 0.25) is 0 Å². The molecule has 0 radical (unpaired) electrons. The zero-order valence-corrected chi connectivity index (χ0v) is 11.4. The summed E-state index contributed by atoms with van der Waals surface area (Å²) >= 11 is 0. The van der Waals surface area contributed by atoms with E-state index in [4.69, 9.17) is 9.47 Å². The summed E-state index contributed by atoms with van der Waals surface area (Å²) < 4.78 is 12.5. The maximum Gasteiger partial charge on any atom is 0.170 e. The number of hydrogen-bond acceptors (Lipinski definition) is 5. The lowest BCUT2D eigenvalue weighted by molar-refractivity contribution is -0.0404. The fraction of sp³-hybridized carbons (Fsp3) is 0.429. The van der Waals surface area contributed by atoms with E-state index in [1.54, 1.807) is 4.68 Å². The monoisotopic (exact) mass is 274 g/mol. The minimum absolute atomic E-state index is 0.0975. The fourth-order valence-corrected chi connectivity index (χ4v) is 2.08. The first-order valence-electron chi connectivity index (χ1n) is 6.77. The normalized spacial score (nSPS) is 17.4. The average Bonchev–Trinajstić information content (AvgIpc) is 3.17. The second-order valence-electron chi connectivity index (χ2n) is 4.72. The number of rotatable bonds is 5. The van der Waals surface area contributed by atoms with Gasteiger partial charge in [0.25, 0.3) is 0 Å². The smallest absolute Gasteiger partial charge is 0.170 e. The lowest BCUT2D eigenvalue weighted by Crippen LogP contribution is -2.29. The van der Waals surface area contributed by atoms with Gasteiger partial charge in [0, 0.05) is 6.54 Å². The van der Waals surface area contributed by atoms with Gasteiger partial charge in [0.2, 0.25) is 0 Å². The number of nitrogens with one attached hydrogen (secondary N) is 1. The molecular weight excluding hydrogens is 256 g/mol. The van der Waals surface area contributed by atoms with Crippen molar-refractivity contribution in [2.24, 2.45) is 0 Å². The largest absolute Gasteiger partial charge is 0.349 e. The van der Waals surface area contributed by atoms with Crippen LogP contribution in [0.5, 0.6) is 0 Å². The van der Waals surface area contributed by atoms with Crippen molar-refractivity contribution in [3.8, 4) is 5.69 Å². The maximum atomic E-state index is 5.39. The summed E-state index contributed by atoms with van der Waals surface area (Å²) in [6, 6.07) is 10.0. The maximum absolute atomic E-state index is 5.39. The highest BCUT2D eigenvalue weighted by Gasteiger charge is 2.18. The summed E-state index contributed by atoms with van der Waals surface area (Å²) in [6.07, 6.45) is 1.78. The Morgan fingerprint density at radius 3 is 2.80 bits per heavy atom. The molecule has 106 valence electrons. The van der Waals surface area contributed by atoms with E-state index >= 15 is 0 Å². The molecule has 0 spiro atoms. The molecule has 3 rings (SSSR count). The van der Waals surface area contributed by atoms with Crippen LogP contribution in [0.15, 0.2) is 36.5 Å². The topological polar surface area (TPSA) is 61.2 Å². The van der Waals surface area contributed by atoms with E-state index < -0.39 is 0 Å². The molecule has 1 atom stereocenters. The third kappa shape index (κ3) is 3.04. The summed E-state index contributed by atoms with van der Waals surface area (Å²) in [7, 11) is 0. The second-order valence-corrected chi connectivity index (χ2v) is 4.72. The quantitative estimate of drug-likeness (QED) is 0.890. The van der Waals surface area contributed by atoms with Crippen LogP contribution in [-0.4, -0.2) is 41.0 Å². The molecule has 2 heterocycles. The van der Waals surface area contributed by atoms with E-state index in [0.717, 1.165) is 11.4 Å². The van der Waals surface area contributed by atoms with Crippen molar-refractivity contribution >= 4 is 0 Å². The highest BCUT2D eigenvalue weighted by atomic mass is 16.7. The van der Waals surface area contributed by atoms with Crippen LogP contribution < -0.4 is 5.32 Å². The number of ether oxygens (including phenoxy) is 2. The molecule has 1 saturated heterocycles. The number of nitrogens with zero attached hydrogens (tertiary/aromatic N) is 3. The van der Waals surface area contributed by atoms with Crippen molar-refractivity contribution in [1.82, 2.24) is 20.3 Å². The van der Waals surface area contributed by atoms with E-state index in [-0.39, 0.29) is 12.3 Å². The van der Waals surface area contributed by atoms with Gasteiger partial charge in [0.15, 0.2) is 6.29 Å². The third-order valence-electron chi connectivity index (χ3n) is 3.26. The van der Waals surface area contributed by atoms with Crippen LogP contribution in [0.4, 0.5) is 0 Å². The second kappa shape index (κ2) is 6.13. The third-order valence-corrected chi connectivity index (χ3v) is 3.26. The minimum Gasteiger partial charge on any atom is -0.349 e. The highest BCUT2D eigenvalue weighted by Crippen LogP contribution is 2.12. The molecule has 1 aliphatic rings. The molecule has 0 bridgehead atoms. The molecule has 1 aliphatic heterocycles. The van der Waals surface area contributed by atoms with Crippen molar-refractivity contribution in [3.63, 3.8) is 0 Å². The summed E-state index contributed by atoms with van der Waals surface area (Å²) in [4.78, 5) is 0. The first-order valence-corrected chi connectivity index (χ1v) is 6.77. The Morgan fingerprint density at radius 2 is 2.05 bits per heavy atom. The van der Waals surface area contributed by atoms with E-state index in [9.17, 15) is 0 Å². The van der Waals surface area contributed by atoms with Crippen molar-refractivity contribution in [3.05, 3.63) is 42.2 Å². The Morgan fingerprint density at radius 1 is 1.30 bits per heavy atom. The van der Waals surface area contributed by atoms with Gasteiger partial charge in [0.1, 0.15) is 0 Å². The number of para-hydroxylation sites is 1. The summed E-state index contributed by atoms with van der Waals surface area (Å²) in [6.45, 7) is 4.05. The van der Waals surface area contributed by atoms with Crippen LogP contribution in [-0.2, 0) is 9.47 Å². The standard InChI is InChI=1S/C14H18N4O2/c1-11(15-9-14-19-7-8-20-14)13-10-18(17-16-13)12-5-3-2-4-6-12/h2-6,10-11,14-15H,7-9H2,1H3/t11-/m0/s1. The molecule has 1 N–H and O–H groups in total. The van der Waals surface area contributed by atoms with Gasteiger partial charge in [-0.05, 0) is 19.1 Å². The molecule has 1 fully saturated rings. The van der Waals surface area contributed by atoms with Crippen LogP contribution in [0, 0.1) is 0 Å². The number of aromatic nitrogens is 3. The zero-order valence-electron chi connectivity index (χ0n) is 11.4. The van der Waals surface area contributed by atoms with E-state index in [2.05, 4.69) is 15.6 Å². The molecule has 0 unspecified atom stereocenters. The van der Waals surface area contributed by atoms with Gasteiger partial charge in [0.05, 0.1) is 36.8 Å². The highest BCUT2D eigenvalue weighted by molar-refractivity contribution is 5.30. The van der Waals surface area contributed by atoms with Gasteiger partial charge >= 0.3 is 0 Å². The van der Waals surface area contributed by atoms with Gasteiger partial charge in [-0.25, -0.2) is 4.68 Å². The molecule has 2 aromatic rings. The van der Waals surface area contributed by atoms with Crippen molar-refractivity contribution in [1.29, 1.82) is 0 Å². The summed E-state index contributed by atoms with van der Waals surface area (Å²) in [5.41, 5.74) is 1.90. The molecule has 6 heteroatoms. The summed E-state index contributed by atoms with van der Waals surface area (Å²) in [5.74, 6) is 0. The molecule has 0 saturated carbocycles. The van der Waals surface area contributed by atoms with Gasteiger partial charge in [-0.15, -0.1) is 5.10 Å². The Bertz CT molecular complexity index is 537. The SMILES string of the molecule is C[C@H](NCC1OCCO1)c1cn(-c2ccccc2)nn1. The number of benzene rings is 1. The first kappa shape index (κ1) is 13.2. The van der Waals surface area contributed by atoms with Gasteiger partial charge in [-0.2, -0.15) is 0 Å². The average molecular weight is 274 g/mol. The molecule has 20 heavy (non-hydrogen) atoms. The van der Waals surface area contributed by atoms with E-state index in [1.807, 2.05) is 43.5 Å². The van der Waals surface area contributed by atoms with E-state index in [1.165, 1.54) is 0 Å². The molecule has 1 aromatic carbocycles. The lowest BCUT2D eigenvalue weighted by atomic mass is 10.2. The fourth-order valence-electron chi connectivity index (χ4n) is 2.08. The van der Waals surface area contributed by atoms with Gasteiger partial charge < -0.3 is 14.8 Å². The van der Waals surface area contributed by atoms with Crippen molar-refractivity contribution < 1.29 is 9.47 Å². The lowest BCUT2D eigenvalue weighted by Gasteiger charge is -2.14. The number of hydrogen-bond donors (Lipinski definition) is 1. The Balaban J connectivity index is 1.61. The Kier molecular flexibility index (Phi) is 4.05. The first-order chi connectivity index (χ1) is 9.83. The van der Waals surface area contributed by atoms with Crippen LogP contribution in [0.25, 0.3) is 5.69 Å². The zero-order chi connectivity index (χ0) is 13.8. The van der Waals surface area contributed by atoms with Crippen LogP contribution >= 0.6 is 0 Å².